The number of para-hydroxylation sites is 1. The fourth-order valence-electron chi connectivity index (χ4n) is 3.78. The van der Waals surface area contributed by atoms with Gasteiger partial charge in [0.15, 0.2) is 0 Å². The van der Waals surface area contributed by atoms with Gasteiger partial charge in [0.05, 0.1) is 22.6 Å². The van der Waals surface area contributed by atoms with Crippen molar-refractivity contribution in [2.24, 2.45) is 0 Å². The van der Waals surface area contributed by atoms with Crippen molar-refractivity contribution in [1.82, 2.24) is 9.62 Å². The van der Waals surface area contributed by atoms with Crippen molar-refractivity contribution in [1.29, 1.82) is 0 Å². The molecule has 0 atom stereocenters. The summed E-state index contributed by atoms with van der Waals surface area (Å²) in [5, 5.41) is 2.98. The highest BCUT2D eigenvalue weighted by Gasteiger charge is 2.29. The molecule has 0 aliphatic carbocycles. The van der Waals surface area contributed by atoms with Gasteiger partial charge in [-0.1, -0.05) is 54.1 Å². The van der Waals surface area contributed by atoms with Gasteiger partial charge in [0, 0.05) is 25.2 Å². The largest absolute Gasteiger partial charge is 0.496 e. The van der Waals surface area contributed by atoms with E-state index in [1.165, 1.54) is 22.5 Å². The number of fused-ring (bicyclic) bond motifs is 1. The number of benzene rings is 3. The minimum Gasteiger partial charge on any atom is -0.496 e. The predicted octanol–water partition coefficient (Wildman–Crippen LogP) is 4.03. The first-order valence-electron chi connectivity index (χ1n) is 10.2. The van der Waals surface area contributed by atoms with E-state index in [1.807, 2.05) is 42.5 Å². The van der Waals surface area contributed by atoms with Crippen molar-refractivity contribution in [2.45, 2.75) is 24.4 Å². The average molecular weight is 471 g/mol. The summed E-state index contributed by atoms with van der Waals surface area (Å²) in [7, 11) is -2.22. The van der Waals surface area contributed by atoms with Gasteiger partial charge >= 0.3 is 0 Å². The van der Waals surface area contributed by atoms with Crippen molar-refractivity contribution in [3.63, 3.8) is 0 Å². The third kappa shape index (κ3) is 4.50. The Hall–Kier alpha value is -2.87. The molecule has 6 nitrogen and oxygen atoms in total. The first kappa shape index (κ1) is 22.3. The number of methoxy groups -OCH3 is 1. The summed E-state index contributed by atoms with van der Waals surface area (Å²) < 4.78 is 33.3. The molecule has 3 aromatic carbocycles. The zero-order chi connectivity index (χ0) is 22.7. The number of nitrogens with zero attached hydrogens (tertiary/aromatic N) is 1. The second-order valence-electron chi connectivity index (χ2n) is 7.49. The first-order valence-corrected chi connectivity index (χ1v) is 12.0. The normalized spacial score (nSPS) is 13.9. The molecule has 166 valence electrons. The Morgan fingerprint density at radius 3 is 2.56 bits per heavy atom. The molecular formula is C24H23ClN2O4S. The zero-order valence-electron chi connectivity index (χ0n) is 17.5. The van der Waals surface area contributed by atoms with E-state index in [-0.39, 0.29) is 22.0 Å². The third-order valence-corrected chi connectivity index (χ3v) is 7.72. The van der Waals surface area contributed by atoms with Gasteiger partial charge in [0.25, 0.3) is 5.91 Å². The molecule has 1 N–H and O–H groups in total. The number of sulfonamides is 1. The van der Waals surface area contributed by atoms with Crippen LogP contribution in [0.3, 0.4) is 0 Å². The zero-order valence-corrected chi connectivity index (χ0v) is 19.1. The van der Waals surface area contributed by atoms with Crippen LogP contribution in [0.4, 0.5) is 0 Å². The highest BCUT2D eigenvalue weighted by molar-refractivity contribution is 7.89. The third-order valence-electron chi connectivity index (χ3n) is 5.55. The molecule has 0 spiro atoms. The van der Waals surface area contributed by atoms with Gasteiger partial charge in [-0.05, 0) is 41.8 Å². The number of rotatable bonds is 6. The summed E-state index contributed by atoms with van der Waals surface area (Å²) in [6.07, 6.45) is 0.648. The summed E-state index contributed by atoms with van der Waals surface area (Å²) in [6, 6.07) is 19.4. The lowest BCUT2D eigenvalue weighted by Crippen LogP contribution is -2.36. The van der Waals surface area contributed by atoms with E-state index in [1.54, 1.807) is 13.2 Å². The number of ether oxygens (including phenoxy) is 1. The average Bonchev–Trinajstić information content (AvgIpc) is 2.82. The van der Waals surface area contributed by atoms with E-state index in [2.05, 4.69) is 5.32 Å². The molecule has 0 fully saturated rings. The van der Waals surface area contributed by atoms with Crippen LogP contribution in [0.1, 0.15) is 27.0 Å². The Morgan fingerprint density at radius 1 is 1.06 bits per heavy atom. The number of hydrogen-bond donors (Lipinski definition) is 1. The van der Waals surface area contributed by atoms with Crippen LogP contribution in [0.25, 0.3) is 0 Å². The van der Waals surface area contributed by atoms with Crippen molar-refractivity contribution >= 4 is 27.5 Å². The molecule has 0 aromatic heterocycles. The molecule has 0 unspecified atom stereocenters. The van der Waals surface area contributed by atoms with Crippen LogP contribution in [-0.2, 0) is 29.5 Å². The minimum absolute atomic E-state index is 0.0451. The van der Waals surface area contributed by atoms with E-state index < -0.39 is 15.9 Å². The Balaban J connectivity index is 1.55. The molecule has 0 saturated carbocycles. The van der Waals surface area contributed by atoms with E-state index in [0.717, 1.165) is 16.7 Å². The standard InChI is InChI=1S/C24H23ClN2O4S/c1-31-23-9-5-4-7-18(23)15-26-24(28)21-14-20(10-11-22(21)25)32(29,30)27-13-12-17-6-2-3-8-19(17)16-27/h2-11,14H,12-13,15-16H2,1H3,(H,26,28). The maximum atomic E-state index is 13.3. The van der Waals surface area contributed by atoms with Crippen molar-refractivity contribution in [2.75, 3.05) is 13.7 Å². The van der Waals surface area contributed by atoms with Crippen LogP contribution in [0.2, 0.25) is 5.02 Å². The Labute approximate surface area is 192 Å². The van der Waals surface area contributed by atoms with Gasteiger partial charge in [-0.15, -0.1) is 0 Å². The fourth-order valence-corrected chi connectivity index (χ4v) is 5.43. The second-order valence-corrected chi connectivity index (χ2v) is 9.84. The first-order chi connectivity index (χ1) is 15.4. The van der Waals surface area contributed by atoms with Gasteiger partial charge < -0.3 is 10.1 Å². The van der Waals surface area contributed by atoms with Crippen molar-refractivity contribution in [3.8, 4) is 5.75 Å². The van der Waals surface area contributed by atoms with E-state index >= 15 is 0 Å². The summed E-state index contributed by atoms with van der Waals surface area (Å²) in [5.74, 6) is 0.197. The molecule has 0 saturated heterocycles. The van der Waals surface area contributed by atoms with Gasteiger partial charge in [-0.2, -0.15) is 4.31 Å². The van der Waals surface area contributed by atoms with Crippen LogP contribution in [0.5, 0.6) is 5.75 Å². The summed E-state index contributed by atoms with van der Waals surface area (Å²) in [6.45, 7) is 0.910. The molecule has 32 heavy (non-hydrogen) atoms. The Bertz CT molecular complexity index is 1260. The Kier molecular flexibility index (Phi) is 6.50. The van der Waals surface area contributed by atoms with E-state index in [0.29, 0.717) is 25.3 Å². The van der Waals surface area contributed by atoms with Crippen LogP contribution in [0, 0.1) is 0 Å². The molecule has 1 heterocycles. The van der Waals surface area contributed by atoms with Gasteiger partial charge in [0.1, 0.15) is 5.75 Å². The molecule has 0 bridgehead atoms. The second kappa shape index (κ2) is 9.32. The highest BCUT2D eigenvalue weighted by atomic mass is 35.5. The number of amides is 1. The molecule has 1 aliphatic heterocycles. The van der Waals surface area contributed by atoms with Crippen molar-refractivity contribution in [3.05, 3.63) is 94.0 Å². The topological polar surface area (TPSA) is 75.7 Å². The monoisotopic (exact) mass is 470 g/mol. The molecule has 4 rings (SSSR count). The van der Waals surface area contributed by atoms with Crippen LogP contribution in [0.15, 0.2) is 71.6 Å². The quantitative estimate of drug-likeness (QED) is 0.590. The SMILES string of the molecule is COc1ccccc1CNC(=O)c1cc(S(=O)(=O)N2CCc3ccccc3C2)ccc1Cl. The molecule has 0 radical (unpaired) electrons. The Morgan fingerprint density at radius 2 is 1.78 bits per heavy atom. The maximum Gasteiger partial charge on any atom is 0.253 e. The van der Waals surface area contributed by atoms with E-state index in [9.17, 15) is 13.2 Å². The summed E-state index contributed by atoms with van der Waals surface area (Å²) >= 11 is 6.24. The van der Waals surface area contributed by atoms with Gasteiger partial charge in [-0.25, -0.2) is 8.42 Å². The molecule has 3 aromatic rings. The van der Waals surface area contributed by atoms with Crippen LogP contribution >= 0.6 is 11.6 Å². The number of carbonyl (C=O) groups is 1. The molecular weight excluding hydrogens is 448 g/mol. The minimum atomic E-state index is -3.78. The maximum absolute atomic E-state index is 13.3. The molecule has 8 heteroatoms. The number of halogens is 1. The lowest BCUT2D eigenvalue weighted by Gasteiger charge is -2.28. The lowest BCUT2D eigenvalue weighted by molar-refractivity contribution is 0.0950. The number of carbonyl (C=O) groups excluding carboxylic acids is 1. The van der Waals surface area contributed by atoms with Crippen molar-refractivity contribution < 1.29 is 17.9 Å². The lowest BCUT2D eigenvalue weighted by atomic mass is 10.0. The van der Waals surface area contributed by atoms with E-state index in [4.69, 9.17) is 16.3 Å². The highest BCUT2D eigenvalue weighted by Crippen LogP contribution is 2.27. The predicted molar refractivity (Wildman–Crippen MR) is 123 cm³/mol. The number of nitrogens with one attached hydrogen (secondary N) is 1. The number of hydrogen-bond acceptors (Lipinski definition) is 4. The molecule has 1 aliphatic rings. The summed E-state index contributed by atoms with van der Waals surface area (Å²) in [4.78, 5) is 12.9. The molecule has 1 amide bonds. The van der Waals surface area contributed by atoms with Gasteiger partial charge in [0.2, 0.25) is 10.0 Å². The van der Waals surface area contributed by atoms with Crippen LogP contribution in [-0.4, -0.2) is 32.3 Å². The smallest absolute Gasteiger partial charge is 0.253 e. The van der Waals surface area contributed by atoms with Gasteiger partial charge in [-0.3, -0.25) is 4.79 Å². The fraction of sp³-hybridized carbons (Fsp3) is 0.208. The summed E-state index contributed by atoms with van der Waals surface area (Å²) in [5.41, 5.74) is 3.06. The van der Waals surface area contributed by atoms with Crippen LogP contribution < -0.4 is 10.1 Å².